The highest BCUT2D eigenvalue weighted by Gasteiger charge is 2.30. The molecule has 4 N–H and O–H groups in total. The van der Waals surface area contributed by atoms with E-state index in [1.165, 1.54) is 10.1 Å². The fourth-order valence-corrected chi connectivity index (χ4v) is 3.95. The first-order valence-corrected chi connectivity index (χ1v) is 9.41. The van der Waals surface area contributed by atoms with E-state index in [0.717, 1.165) is 41.4 Å². The molecule has 0 amide bonds. The molecule has 0 bridgehead atoms. The zero-order valence-electron chi connectivity index (χ0n) is 15.6. The Labute approximate surface area is 156 Å². The van der Waals surface area contributed by atoms with E-state index in [2.05, 4.69) is 28.3 Å². The normalized spacial score (nSPS) is 16.6. The number of aromatic nitrogens is 3. The number of aromatic amines is 2. The van der Waals surface area contributed by atoms with Gasteiger partial charge < -0.3 is 15.4 Å². The largest absolute Gasteiger partial charge is 0.494 e. The number of benzene rings is 1. The van der Waals surface area contributed by atoms with Gasteiger partial charge in [0.15, 0.2) is 0 Å². The van der Waals surface area contributed by atoms with Crippen LogP contribution in [0.4, 0.5) is 0 Å². The molecule has 0 saturated heterocycles. The van der Waals surface area contributed by atoms with Gasteiger partial charge in [0.05, 0.1) is 6.04 Å². The molecule has 1 atom stereocenters. The summed E-state index contributed by atoms with van der Waals surface area (Å²) in [5.74, 6) is -0.252. The molecule has 142 valence electrons. The van der Waals surface area contributed by atoms with Crippen molar-refractivity contribution in [2.24, 2.45) is 0 Å². The van der Waals surface area contributed by atoms with Gasteiger partial charge >= 0.3 is 5.69 Å². The fraction of sp³-hybridized carbons (Fsp3) is 0.400. The summed E-state index contributed by atoms with van der Waals surface area (Å²) in [6.45, 7) is 5.12. The maximum absolute atomic E-state index is 12.6. The van der Waals surface area contributed by atoms with Crippen LogP contribution in [-0.2, 0) is 13.0 Å². The lowest BCUT2D eigenvalue weighted by Crippen LogP contribution is -2.39. The summed E-state index contributed by atoms with van der Waals surface area (Å²) in [4.78, 5) is 30.5. The summed E-state index contributed by atoms with van der Waals surface area (Å²) < 4.78 is 1.25. The topological polar surface area (TPSA) is 103 Å². The molecule has 0 unspecified atom stereocenters. The summed E-state index contributed by atoms with van der Waals surface area (Å²) in [5.41, 5.74) is 3.28. The third-order valence-electron chi connectivity index (χ3n) is 5.34. The van der Waals surface area contributed by atoms with Crippen molar-refractivity contribution < 1.29 is 5.11 Å². The van der Waals surface area contributed by atoms with Crippen LogP contribution in [0.3, 0.4) is 0 Å². The number of aryl methyl sites for hydroxylation is 1. The third kappa shape index (κ3) is 2.88. The number of H-pyrrole nitrogens is 2. The minimum absolute atomic E-state index is 0.190. The molecule has 3 heterocycles. The number of fused-ring (bicyclic) bond motifs is 3. The van der Waals surface area contributed by atoms with E-state index in [0.29, 0.717) is 13.1 Å². The maximum atomic E-state index is 12.6. The standard InChI is InChI=1S/C20H24N4O3/c1-3-4-9-24-19(26)15(18(25)23-20(24)27)17-16-12(7-8-21-17)13-10-11(2)5-6-14(13)22-16/h5-6,10,17,21-22,26H,3-4,7-9H2,1-2H3,(H,23,25,27)/t17-/m1/s1. The number of hydrogen-bond donors (Lipinski definition) is 4. The summed E-state index contributed by atoms with van der Waals surface area (Å²) in [6, 6.07) is 5.73. The molecule has 27 heavy (non-hydrogen) atoms. The van der Waals surface area contributed by atoms with Crippen LogP contribution >= 0.6 is 0 Å². The minimum Gasteiger partial charge on any atom is -0.494 e. The van der Waals surface area contributed by atoms with Crippen LogP contribution in [0.2, 0.25) is 0 Å². The van der Waals surface area contributed by atoms with Gasteiger partial charge in [-0.15, -0.1) is 0 Å². The third-order valence-corrected chi connectivity index (χ3v) is 5.34. The van der Waals surface area contributed by atoms with Crippen LogP contribution in [0.5, 0.6) is 5.88 Å². The second kappa shape index (κ2) is 6.74. The Bertz CT molecular complexity index is 1120. The molecule has 0 saturated carbocycles. The van der Waals surface area contributed by atoms with Crippen molar-refractivity contribution in [3.05, 3.63) is 61.4 Å². The van der Waals surface area contributed by atoms with Gasteiger partial charge in [0, 0.05) is 29.7 Å². The highest BCUT2D eigenvalue weighted by atomic mass is 16.3. The Hall–Kier alpha value is -2.80. The van der Waals surface area contributed by atoms with Crippen molar-refractivity contribution in [3.8, 4) is 5.88 Å². The molecule has 1 aliphatic heterocycles. The van der Waals surface area contributed by atoms with E-state index >= 15 is 0 Å². The highest BCUT2D eigenvalue weighted by molar-refractivity contribution is 5.86. The van der Waals surface area contributed by atoms with E-state index in [4.69, 9.17) is 0 Å². The van der Waals surface area contributed by atoms with Crippen molar-refractivity contribution in [3.63, 3.8) is 0 Å². The Balaban J connectivity index is 1.90. The molecule has 7 heteroatoms. The molecule has 7 nitrogen and oxygen atoms in total. The number of nitrogens with zero attached hydrogens (tertiary/aromatic N) is 1. The number of nitrogens with one attached hydrogen (secondary N) is 3. The molecule has 2 aromatic heterocycles. The highest BCUT2D eigenvalue weighted by Crippen LogP contribution is 2.35. The van der Waals surface area contributed by atoms with E-state index < -0.39 is 17.3 Å². The first-order valence-electron chi connectivity index (χ1n) is 9.41. The number of rotatable bonds is 4. The SMILES string of the molecule is CCCCn1c(O)c([C@H]2NCCc3c2[nH]c2ccc(C)cc32)c(=O)[nH]c1=O. The van der Waals surface area contributed by atoms with Crippen LogP contribution in [0.1, 0.15) is 48.2 Å². The summed E-state index contributed by atoms with van der Waals surface area (Å²) in [5, 5.41) is 15.2. The second-order valence-corrected chi connectivity index (χ2v) is 7.21. The Morgan fingerprint density at radius 3 is 2.85 bits per heavy atom. The fourth-order valence-electron chi connectivity index (χ4n) is 3.95. The summed E-state index contributed by atoms with van der Waals surface area (Å²) in [6.07, 6.45) is 2.46. The molecule has 0 spiro atoms. The van der Waals surface area contributed by atoms with E-state index in [1.807, 2.05) is 19.1 Å². The first kappa shape index (κ1) is 17.6. The lowest BCUT2D eigenvalue weighted by molar-refractivity contribution is 0.378. The first-order chi connectivity index (χ1) is 13.0. The summed E-state index contributed by atoms with van der Waals surface area (Å²) in [7, 11) is 0. The zero-order chi connectivity index (χ0) is 19.1. The molecule has 1 aromatic carbocycles. The molecule has 1 aliphatic rings. The smallest absolute Gasteiger partial charge is 0.331 e. The van der Waals surface area contributed by atoms with Crippen LogP contribution in [-0.4, -0.2) is 26.2 Å². The van der Waals surface area contributed by atoms with Crippen LogP contribution < -0.4 is 16.6 Å². The molecule has 0 aliphatic carbocycles. The molecule has 3 aromatic rings. The van der Waals surface area contributed by atoms with Crippen molar-refractivity contribution in [1.82, 2.24) is 19.9 Å². The van der Waals surface area contributed by atoms with Gasteiger partial charge in [-0.1, -0.05) is 25.0 Å². The lowest BCUT2D eigenvalue weighted by Gasteiger charge is -2.25. The van der Waals surface area contributed by atoms with Gasteiger partial charge in [-0.2, -0.15) is 0 Å². The van der Waals surface area contributed by atoms with Gasteiger partial charge in [-0.25, -0.2) is 4.79 Å². The molecular formula is C20H24N4O3. The van der Waals surface area contributed by atoms with Gasteiger partial charge in [-0.3, -0.25) is 14.3 Å². The van der Waals surface area contributed by atoms with Crippen LogP contribution in [0.25, 0.3) is 10.9 Å². The number of unbranched alkanes of at least 4 members (excludes halogenated alkanes) is 1. The predicted octanol–water partition coefficient (Wildman–Crippen LogP) is 2.07. The van der Waals surface area contributed by atoms with Gasteiger partial charge in [0.25, 0.3) is 5.56 Å². The van der Waals surface area contributed by atoms with Gasteiger partial charge in [-0.05, 0) is 37.5 Å². The van der Waals surface area contributed by atoms with Gasteiger partial charge in [0.2, 0.25) is 5.88 Å². The van der Waals surface area contributed by atoms with E-state index in [9.17, 15) is 14.7 Å². The molecule has 0 radical (unpaired) electrons. The Kier molecular flexibility index (Phi) is 4.39. The quantitative estimate of drug-likeness (QED) is 0.566. The number of aromatic hydroxyl groups is 1. The molecular weight excluding hydrogens is 344 g/mol. The van der Waals surface area contributed by atoms with Gasteiger partial charge in [0.1, 0.15) is 5.56 Å². The minimum atomic E-state index is -0.571. The maximum Gasteiger partial charge on any atom is 0.331 e. The lowest BCUT2D eigenvalue weighted by atomic mass is 9.95. The van der Waals surface area contributed by atoms with E-state index in [1.54, 1.807) is 0 Å². The van der Waals surface area contributed by atoms with Crippen LogP contribution in [0.15, 0.2) is 27.8 Å². The number of hydrogen-bond acceptors (Lipinski definition) is 4. The molecule has 0 fully saturated rings. The van der Waals surface area contributed by atoms with Crippen LogP contribution in [0, 0.1) is 6.92 Å². The average molecular weight is 368 g/mol. The summed E-state index contributed by atoms with van der Waals surface area (Å²) >= 11 is 0. The van der Waals surface area contributed by atoms with E-state index in [-0.39, 0.29) is 11.4 Å². The Morgan fingerprint density at radius 1 is 1.26 bits per heavy atom. The average Bonchev–Trinajstić information content (AvgIpc) is 3.00. The van der Waals surface area contributed by atoms with Crippen molar-refractivity contribution in [1.29, 1.82) is 0 Å². The Morgan fingerprint density at radius 2 is 2.07 bits per heavy atom. The van der Waals surface area contributed by atoms with Crippen molar-refractivity contribution in [2.45, 2.75) is 45.7 Å². The van der Waals surface area contributed by atoms with Crippen molar-refractivity contribution >= 4 is 10.9 Å². The zero-order valence-corrected chi connectivity index (χ0v) is 15.6. The van der Waals surface area contributed by atoms with Crippen molar-refractivity contribution in [2.75, 3.05) is 6.54 Å². The second-order valence-electron chi connectivity index (χ2n) is 7.21. The monoisotopic (exact) mass is 368 g/mol. The predicted molar refractivity (Wildman–Crippen MR) is 104 cm³/mol. The molecule has 4 rings (SSSR count).